The Bertz CT molecular complexity index is 400. The van der Waals surface area contributed by atoms with Crippen LogP contribution in [0.1, 0.15) is 30.4 Å². The predicted octanol–water partition coefficient (Wildman–Crippen LogP) is 2.75. The molecule has 1 aromatic carbocycles. The van der Waals surface area contributed by atoms with Crippen molar-refractivity contribution in [2.75, 3.05) is 13.7 Å². The molecule has 1 aliphatic carbocycles. The van der Waals surface area contributed by atoms with Gasteiger partial charge in [-0.15, -0.1) is 0 Å². The maximum Gasteiger partial charge on any atom is 0.0774 e. The van der Waals surface area contributed by atoms with E-state index in [0.717, 1.165) is 6.54 Å². The van der Waals surface area contributed by atoms with Crippen molar-refractivity contribution in [1.82, 2.24) is 4.90 Å². The van der Waals surface area contributed by atoms with Gasteiger partial charge in [-0.25, -0.2) is 0 Å². The second kappa shape index (κ2) is 4.11. The lowest BCUT2D eigenvalue weighted by molar-refractivity contribution is 0.108. The topological polar surface area (TPSA) is 12.5 Å². The van der Waals surface area contributed by atoms with E-state index in [1.807, 2.05) is 7.11 Å². The first-order chi connectivity index (χ1) is 8.24. The number of hydrogen-bond donors (Lipinski definition) is 0. The molecule has 0 N–H and O–H groups in total. The highest BCUT2D eigenvalue weighted by Gasteiger charge is 2.60. The first kappa shape index (κ1) is 11.2. The normalized spacial score (nSPS) is 32.2. The Labute approximate surface area is 104 Å². The lowest BCUT2D eigenvalue weighted by Crippen LogP contribution is -2.34. The smallest absolute Gasteiger partial charge is 0.0774 e. The van der Waals surface area contributed by atoms with Crippen LogP contribution in [0.25, 0.3) is 0 Å². The van der Waals surface area contributed by atoms with Crippen molar-refractivity contribution in [1.29, 1.82) is 0 Å². The van der Waals surface area contributed by atoms with Crippen molar-refractivity contribution in [3.8, 4) is 0 Å². The Morgan fingerprint density at radius 2 is 2.12 bits per heavy atom. The number of nitrogens with zero attached hydrogens (tertiary/aromatic N) is 1. The van der Waals surface area contributed by atoms with E-state index in [9.17, 15) is 0 Å². The second-order valence-electron chi connectivity index (χ2n) is 5.54. The van der Waals surface area contributed by atoms with Crippen LogP contribution in [-0.4, -0.2) is 30.2 Å². The lowest BCUT2D eigenvalue weighted by Gasteiger charge is -2.25. The second-order valence-corrected chi connectivity index (χ2v) is 5.54. The van der Waals surface area contributed by atoms with Gasteiger partial charge in [0.15, 0.2) is 0 Å². The van der Waals surface area contributed by atoms with Crippen molar-refractivity contribution < 1.29 is 4.74 Å². The monoisotopic (exact) mass is 231 g/mol. The predicted molar refractivity (Wildman–Crippen MR) is 69.0 cm³/mol. The summed E-state index contributed by atoms with van der Waals surface area (Å²) in [6.07, 6.45) is 4.36. The average molecular weight is 231 g/mol. The van der Waals surface area contributed by atoms with Crippen LogP contribution in [-0.2, 0) is 11.3 Å². The molecule has 0 bridgehead atoms. The zero-order valence-corrected chi connectivity index (χ0v) is 10.8. The molecule has 0 aromatic heterocycles. The minimum atomic E-state index is 0.389. The molecule has 1 aliphatic heterocycles. The molecule has 2 unspecified atom stereocenters. The molecular formula is C15H21NO. The quantitative estimate of drug-likeness (QED) is 0.793. The van der Waals surface area contributed by atoms with Crippen LogP contribution in [0.5, 0.6) is 0 Å². The fourth-order valence-electron chi connectivity index (χ4n) is 3.27. The summed E-state index contributed by atoms with van der Waals surface area (Å²) in [5.74, 6) is 0. The van der Waals surface area contributed by atoms with Gasteiger partial charge in [0.05, 0.1) is 11.6 Å². The molecule has 0 amide bonds. The molecule has 2 atom stereocenters. The van der Waals surface area contributed by atoms with Crippen LogP contribution in [0, 0.1) is 6.92 Å². The van der Waals surface area contributed by atoms with Gasteiger partial charge in [0, 0.05) is 13.7 Å². The SMILES string of the molecule is COC1CC12CCCN2Cc1ccc(C)cc1. The first-order valence-electron chi connectivity index (χ1n) is 6.58. The molecule has 3 rings (SSSR count). The maximum atomic E-state index is 5.54. The number of benzene rings is 1. The number of ether oxygens (including phenoxy) is 1. The van der Waals surface area contributed by atoms with Crippen LogP contribution in [0.15, 0.2) is 24.3 Å². The zero-order valence-electron chi connectivity index (χ0n) is 10.8. The molecule has 1 saturated carbocycles. The Morgan fingerprint density at radius 1 is 1.35 bits per heavy atom. The number of aryl methyl sites for hydroxylation is 1. The largest absolute Gasteiger partial charge is 0.379 e. The average Bonchev–Trinajstić information content (AvgIpc) is 2.91. The highest BCUT2D eigenvalue weighted by Crippen LogP contribution is 2.51. The van der Waals surface area contributed by atoms with Gasteiger partial charge in [-0.3, -0.25) is 4.90 Å². The number of hydrogen-bond acceptors (Lipinski definition) is 2. The fourth-order valence-corrected chi connectivity index (χ4v) is 3.27. The van der Waals surface area contributed by atoms with E-state index in [2.05, 4.69) is 36.1 Å². The highest BCUT2D eigenvalue weighted by atomic mass is 16.5. The van der Waals surface area contributed by atoms with Gasteiger partial charge in [-0.05, 0) is 38.3 Å². The molecule has 2 nitrogen and oxygen atoms in total. The van der Waals surface area contributed by atoms with E-state index in [1.165, 1.54) is 36.9 Å². The van der Waals surface area contributed by atoms with Crippen molar-refractivity contribution in [2.24, 2.45) is 0 Å². The van der Waals surface area contributed by atoms with Gasteiger partial charge in [0.25, 0.3) is 0 Å². The van der Waals surface area contributed by atoms with Gasteiger partial charge in [-0.2, -0.15) is 0 Å². The highest BCUT2D eigenvalue weighted by molar-refractivity contribution is 5.23. The maximum absolute atomic E-state index is 5.54. The molecule has 17 heavy (non-hydrogen) atoms. The Kier molecular flexibility index (Phi) is 2.72. The number of likely N-dealkylation sites (tertiary alicyclic amines) is 1. The summed E-state index contributed by atoms with van der Waals surface area (Å²) < 4.78 is 5.54. The van der Waals surface area contributed by atoms with Crippen molar-refractivity contribution >= 4 is 0 Å². The molecule has 0 radical (unpaired) electrons. The van der Waals surface area contributed by atoms with E-state index < -0.39 is 0 Å². The van der Waals surface area contributed by atoms with E-state index >= 15 is 0 Å². The first-order valence-corrected chi connectivity index (χ1v) is 6.58. The summed E-state index contributed by atoms with van der Waals surface area (Å²) >= 11 is 0. The lowest BCUT2D eigenvalue weighted by atomic mass is 10.1. The van der Waals surface area contributed by atoms with Crippen LogP contribution in [0.4, 0.5) is 0 Å². The van der Waals surface area contributed by atoms with Gasteiger partial charge >= 0.3 is 0 Å². The summed E-state index contributed by atoms with van der Waals surface area (Å²) in [5.41, 5.74) is 3.16. The van der Waals surface area contributed by atoms with Crippen molar-refractivity contribution in [3.63, 3.8) is 0 Å². The fraction of sp³-hybridized carbons (Fsp3) is 0.600. The standard InChI is InChI=1S/C15H21NO/c1-12-4-6-13(7-5-12)11-16-9-3-8-15(16)10-14(15)17-2/h4-7,14H,3,8-11H2,1-2H3. The van der Waals surface area contributed by atoms with E-state index in [-0.39, 0.29) is 0 Å². The van der Waals surface area contributed by atoms with E-state index in [4.69, 9.17) is 4.74 Å². The van der Waals surface area contributed by atoms with Crippen molar-refractivity contribution in [3.05, 3.63) is 35.4 Å². The molecule has 2 heteroatoms. The third kappa shape index (κ3) is 1.90. The summed E-state index contributed by atoms with van der Waals surface area (Å²) in [7, 11) is 1.85. The van der Waals surface area contributed by atoms with E-state index in [0.29, 0.717) is 11.6 Å². The minimum Gasteiger partial charge on any atom is -0.379 e. The van der Waals surface area contributed by atoms with Gasteiger partial charge in [0.1, 0.15) is 0 Å². The summed E-state index contributed by atoms with van der Waals surface area (Å²) in [6, 6.07) is 8.93. The molecule has 1 saturated heterocycles. The van der Waals surface area contributed by atoms with Gasteiger partial charge < -0.3 is 4.74 Å². The number of rotatable bonds is 3. The molecule has 2 aliphatic rings. The third-order valence-electron chi connectivity index (χ3n) is 4.42. The molecular weight excluding hydrogens is 210 g/mol. The molecule has 92 valence electrons. The summed E-state index contributed by atoms with van der Waals surface area (Å²) in [4.78, 5) is 2.63. The molecule has 2 fully saturated rings. The zero-order chi connectivity index (χ0) is 11.9. The van der Waals surface area contributed by atoms with Crippen molar-refractivity contribution in [2.45, 2.75) is 44.4 Å². The van der Waals surface area contributed by atoms with Crippen LogP contribution in [0.2, 0.25) is 0 Å². The summed E-state index contributed by atoms with van der Waals surface area (Å²) in [5, 5.41) is 0. The van der Waals surface area contributed by atoms with Gasteiger partial charge in [-0.1, -0.05) is 29.8 Å². The van der Waals surface area contributed by atoms with Crippen LogP contribution >= 0.6 is 0 Å². The molecule has 1 spiro atoms. The Morgan fingerprint density at radius 3 is 2.76 bits per heavy atom. The Balaban J connectivity index is 1.71. The van der Waals surface area contributed by atoms with Crippen LogP contribution < -0.4 is 0 Å². The molecule has 1 heterocycles. The third-order valence-corrected chi connectivity index (χ3v) is 4.42. The minimum absolute atomic E-state index is 0.389. The van der Waals surface area contributed by atoms with Gasteiger partial charge in [0.2, 0.25) is 0 Å². The molecule has 1 aromatic rings. The van der Waals surface area contributed by atoms with Crippen LogP contribution in [0.3, 0.4) is 0 Å². The number of methoxy groups -OCH3 is 1. The Hall–Kier alpha value is -0.860. The van der Waals surface area contributed by atoms with E-state index in [1.54, 1.807) is 0 Å². The summed E-state index contributed by atoms with van der Waals surface area (Å²) in [6.45, 7) is 4.46.